The Kier molecular flexibility index (Phi) is 16.5. The predicted octanol–water partition coefficient (Wildman–Crippen LogP) is 4.12. The Balaban J connectivity index is 1.11. The molecule has 2 aliphatic carbocycles. The highest BCUT2D eigenvalue weighted by Gasteiger charge is 2.44. The molecule has 1 aromatic carbocycles. The first-order valence-corrected chi connectivity index (χ1v) is 21.0. The highest BCUT2D eigenvalue weighted by atomic mass is 19.4. The van der Waals surface area contributed by atoms with E-state index in [9.17, 15) is 32.3 Å². The van der Waals surface area contributed by atoms with Gasteiger partial charge < -0.3 is 41.5 Å². The molecular formula is C41H62F3N9O5. The number of nitrogens with two attached hydrogens (primary N) is 1. The molecule has 0 unspecified atom stereocenters. The van der Waals surface area contributed by atoms with Gasteiger partial charge in [0.15, 0.2) is 0 Å². The SMILES string of the molecule is CC(C)N(C)[C@@H]1CC[C@H](N2CC[C@H](Nc3ncnc4ccc(C(F)(F)F)cc34)C2=O)[C@H](NC(=O)[C@H]2CC[C@@H](NC(=O)CCCC(=O)NCCCOCCCN)CC2)C1. The zero-order valence-electron chi connectivity index (χ0n) is 34.1. The lowest BCUT2D eigenvalue weighted by Crippen LogP contribution is -2.59. The number of benzene rings is 1. The van der Waals surface area contributed by atoms with Gasteiger partial charge >= 0.3 is 6.18 Å². The molecule has 2 aromatic rings. The van der Waals surface area contributed by atoms with Crippen LogP contribution in [0.25, 0.3) is 10.9 Å². The molecule has 322 valence electrons. The minimum absolute atomic E-state index is 0.0325. The van der Waals surface area contributed by atoms with Crippen molar-refractivity contribution >= 4 is 40.3 Å². The number of hydrogen-bond acceptors (Lipinski definition) is 10. The number of rotatable bonds is 19. The van der Waals surface area contributed by atoms with Gasteiger partial charge in [-0.1, -0.05) is 0 Å². The lowest BCUT2D eigenvalue weighted by atomic mass is 9.82. The average molecular weight is 818 g/mol. The molecule has 3 fully saturated rings. The predicted molar refractivity (Wildman–Crippen MR) is 214 cm³/mol. The van der Waals surface area contributed by atoms with Crippen molar-refractivity contribution in [3.63, 3.8) is 0 Å². The number of nitrogens with one attached hydrogen (secondary N) is 4. The fourth-order valence-electron chi connectivity index (χ4n) is 8.42. The summed E-state index contributed by atoms with van der Waals surface area (Å²) >= 11 is 0. The molecule has 5 rings (SSSR count). The van der Waals surface area contributed by atoms with Crippen molar-refractivity contribution < 1.29 is 37.1 Å². The van der Waals surface area contributed by atoms with E-state index in [0.717, 1.165) is 31.4 Å². The van der Waals surface area contributed by atoms with E-state index in [2.05, 4.69) is 57.0 Å². The van der Waals surface area contributed by atoms with E-state index in [-0.39, 0.29) is 77.8 Å². The maximum absolute atomic E-state index is 14.0. The Bertz CT molecular complexity index is 1690. The van der Waals surface area contributed by atoms with E-state index < -0.39 is 17.8 Å². The highest BCUT2D eigenvalue weighted by molar-refractivity contribution is 5.93. The van der Waals surface area contributed by atoms with Crippen LogP contribution in [-0.4, -0.2) is 120 Å². The van der Waals surface area contributed by atoms with Crippen LogP contribution >= 0.6 is 0 Å². The molecule has 1 aromatic heterocycles. The quantitative estimate of drug-likeness (QED) is 0.129. The number of anilines is 1. The Hall–Kier alpha value is -4.09. The van der Waals surface area contributed by atoms with Crippen molar-refractivity contribution in [3.8, 4) is 0 Å². The van der Waals surface area contributed by atoms with Gasteiger partial charge in [-0.25, -0.2) is 9.97 Å². The summed E-state index contributed by atoms with van der Waals surface area (Å²) in [5.74, 6) is -0.448. The summed E-state index contributed by atoms with van der Waals surface area (Å²) in [5.41, 5.74) is 4.96. The van der Waals surface area contributed by atoms with Gasteiger partial charge in [-0.15, -0.1) is 0 Å². The van der Waals surface area contributed by atoms with Crippen LogP contribution in [0, 0.1) is 5.92 Å². The number of halogens is 3. The number of fused-ring (bicyclic) bond motifs is 1. The van der Waals surface area contributed by atoms with Crippen LogP contribution in [0.4, 0.5) is 19.0 Å². The van der Waals surface area contributed by atoms with E-state index in [0.29, 0.717) is 95.8 Å². The van der Waals surface area contributed by atoms with E-state index >= 15 is 0 Å². The van der Waals surface area contributed by atoms with Gasteiger partial charge in [-0.3, -0.25) is 19.2 Å². The second kappa shape index (κ2) is 21.3. The van der Waals surface area contributed by atoms with Gasteiger partial charge in [0.1, 0.15) is 18.2 Å². The van der Waals surface area contributed by atoms with Gasteiger partial charge in [0, 0.05) is 68.6 Å². The number of ether oxygens (including phenoxy) is 1. The molecule has 0 radical (unpaired) electrons. The maximum Gasteiger partial charge on any atom is 0.416 e. The fourth-order valence-corrected chi connectivity index (χ4v) is 8.42. The Labute approximate surface area is 339 Å². The van der Waals surface area contributed by atoms with Crippen LogP contribution in [0.1, 0.15) is 103 Å². The average Bonchev–Trinajstić information content (AvgIpc) is 3.55. The third kappa shape index (κ3) is 12.5. The molecule has 4 amide bonds. The summed E-state index contributed by atoms with van der Waals surface area (Å²) in [6.07, 6.45) is 4.49. The Morgan fingerprint density at radius 3 is 2.43 bits per heavy atom. The van der Waals surface area contributed by atoms with Gasteiger partial charge in [-0.05, 0) is 116 Å². The molecule has 0 spiro atoms. The van der Waals surface area contributed by atoms with Gasteiger partial charge in [0.25, 0.3) is 0 Å². The van der Waals surface area contributed by atoms with Crippen LogP contribution in [-0.2, 0) is 30.1 Å². The van der Waals surface area contributed by atoms with E-state index in [1.165, 1.54) is 12.4 Å². The molecule has 6 N–H and O–H groups in total. The van der Waals surface area contributed by atoms with Crippen LogP contribution < -0.4 is 27.0 Å². The second-order valence-electron chi connectivity index (χ2n) is 16.3. The van der Waals surface area contributed by atoms with Crippen molar-refractivity contribution in [3.05, 3.63) is 30.1 Å². The van der Waals surface area contributed by atoms with Crippen LogP contribution in [0.15, 0.2) is 24.5 Å². The monoisotopic (exact) mass is 817 g/mol. The van der Waals surface area contributed by atoms with Crippen LogP contribution in [0.2, 0.25) is 0 Å². The molecule has 4 atom stereocenters. The number of carbonyl (C=O) groups excluding carboxylic acids is 4. The van der Waals surface area contributed by atoms with E-state index in [1.807, 2.05) is 4.90 Å². The summed E-state index contributed by atoms with van der Waals surface area (Å²) < 4.78 is 46.0. The number of aromatic nitrogens is 2. The summed E-state index contributed by atoms with van der Waals surface area (Å²) in [5, 5.41) is 12.6. The number of likely N-dealkylation sites (tertiary alicyclic amines) is 1. The fraction of sp³-hybridized carbons (Fsp3) is 0.707. The topological polar surface area (TPSA) is 184 Å². The molecular weight excluding hydrogens is 756 g/mol. The molecule has 1 saturated heterocycles. The maximum atomic E-state index is 14.0. The first-order valence-electron chi connectivity index (χ1n) is 21.0. The molecule has 2 saturated carbocycles. The van der Waals surface area contributed by atoms with Crippen LogP contribution in [0.5, 0.6) is 0 Å². The largest absolute Gasteiger partial charge is 0.416 e. The number of amides is 4. The van der Waals surface area contributed by atoms with Crippen molar-refractivity contribution in [1.29, 1.82) is 0 Å². The summed E-state index contributed by atoms with van der Waals surface area (Å²) in [4.78, 5) is 65.1. The Morgan fingerprint density at radius 2 is 1.71 bits per heavy atom. The van der Waals surface area contributed by atoms with E-state index in [4.69, 9.17) is 10.5 Å². The number of alkyl halides is 3. The minimum Gasteiger partial charge on any atom is -0.381 e. The van der Waals surface area contributed by atoms with Gasteiger partial charge in [0.05, 0.1) is 23.2 Å². The zero-order chi connectivity index (χ0) is 41.8. The van der Waals surface area contributed by atoms with Gasteiger partial charge in [0.2, 0.25) is 23.6 Å². The lowest BCUT2D eigenvalue weighted by Gasteiger charge is -2.45. The first-order chi connectivity index (χ1) is 27.7. The molecule has 1 aliphatic heterocycles. The van der Waals surface area contributed by atoms with Crippen molar-refractivity contribution in [2.45, 2.75) is 140 Å². The summed E-state index contributed by atoms with van der Waals surface area (Å²) in [7, 11) is 2.08. The molecule has 2 heterocycles. The normalized spacial score (nSPS) is 24.0. The van der Waals surface area contributed by atoms with Crippen molar-refractivity contribution in [1.82, 2.24) is 35.7 Å². The number of hydrogen-bond donors (Lipinski definition) is 5. The van der Waals surface area contributed by atoms with Crippen molar-refractivity contribution in [2.75, 3.05) is 45.2 Å². The molecule has 0 bridgehead atoms. The molecule has 14 nitrogen and oxygen atoms in total. The minimum atomic E-state index is -4.54. The summed E-state index contributed by atoms with van der Waals surface area (Å²) in [6.45, 7) is 7.00. The standard InChI is InChI=1S/C41H62F3N9O5/c1-26(2)52(3)30-14-16-35(53-20-17-33(40(53)57)50-38-31-23-28(41(42,43)44)11-15-32(31)47-25-48-38)34(24-30)51-39(56)27-9-12-29(13-10-27)49-37(55)8-4-7-36(54)46-19-6-22-58-21-5-18-45/h11,15,23,25-27,29-30,33-35H,4-10,12-14,16-22,24,45H2,1-3H3,(H,46,54)(H,49,55)(H,51,56)(H,47,48,50)/t27-,29+,30-,33+,34-,35+/m1/s1. The third-order valence-electron chi connectivity index (χ3n) is 12.0. The van der Waals surface area contributed by atoms with Crippen LogP contribution in [0.3, 0.4) is 0 Å². The van der Waals surface area contributed by atoms with E-state index in [1.54, 1.807) is 0 Å². The number of nitrogens with zero attached hydrogens (tertiary/aromatic N) is 4. The molecule has 17 heteroatoms. The van der Waals surface area contributed by atoms with Crippen molar-refractivity contribution in [2.24, 2.45) is 11.7 Å². The number of carbonyl (C=O) groups is 4. The highest BCUT2D eigenvalue weighted by Crippen LogP contribution is 2.35. The first kappa shape index (κ1) is 45.0. The Morgan fingerprint density at radius 1 is 0.966 bits per heavy atom. The lowest BCUT2D eigenvalue weighted by molar-refractivity contribution is -0.137. The molecule has 3 aliphatic rings. The smallest absolute Gasteiger partial charge is 0.381 e. The zero-order valence-corrected chi connectivity index (χ0v) is 34.1. The third-order valence-corrected chi connectivity index (χ3v) is 12.0. The summed E-state index contributed by atoms with van der Waals surface area (Å²) in [6, 6.07) is 2.55. The van der Waals surface area contributed by atoms with Gasteiger partial charge in [-0.2, -0.15) is 13.2 Å². The molecule has 58 heavy (non-hydrogen) atoms. The second-order valence-corrected chi connectivity index (χ2v) is 16.3.